The van der Waals surface area contributed by atoms with Crippen LogP contribution in [-0.4, -0.2) is 24.0 Å². The molecule has 0 aliphatic carbocycles. The summed E-state index contributed by atoms with van der Waals surface area (Å²) in [5.41, 5.74) is 2.83. The molecule has 0 atom stereocenters. The van der Waals surface area contributed by atoms with Crippen molar-refractivity contribution in [3.05, 3.63) is 64.6 Å². The van der Waals surface area contributed by atoms with Gasteiger partial charge in [0.15, 0.2) is 0 Å². The molecule has 0 radical (unpaired) electrons. The van der Waals surface area contributed by atoms with Crippen LogP contribution in [0.15, 0.2) is 42.5 Å². The quantitative estimate of drug-likeness (QED) is 0.677. The molecule has 1 fully saturated rings. The molecule has 6 heteroatoms. The van der Waals surface area contributed by atoms with E-state index in [0.717, 1.165) is 36.8 Å². The first-order chi connectivity index (χ1) is 13.0. The summed E-state index contributed by atoms with van der Waals surface area (Å²) in [7, 11) is 0. The summed E-state index contributed by atoms with van der Waals surface area (Å²) in [4.78, 5) is 19.2. The number of aromatic nitrogens is 1. The molecular weight excluding hydrogens is 365 g/mol. The van der Waals surface area contributed by atoms with E-state index < -0.39 is 0 Å². The van der Waals surface area contributed by atoms with Gasteiger partial charge < -0.3 is 10.2 Å². The molecule has 1 saturated heterocycles. The third kappa shape index (κ3) is 3.60. The van der Waals surface area contributed by atoms with Crippen molar-refractivity contribution in [2.75, 3.05) is 23.3 Å². The van der Waals surface area contributed by atoms with Crippen molar-refractivity contribution in [3.8, 4) is 0 Å². The molecule has 2 heterocycles. The van der Waals surface area contributed by atoms with E-state index in [1.165, 1.54) is 6.07 Å². The van der Waals surface area contributed by atoms with Gasteiger partial charge in [-0.2, -0.15) is 0 Å². The summed E-state index contributed by atoms with van der Waals surface area (Å²) in [5, 5.41) is 4.13. The summed E-state index contributed by atoms with van der Waals surface area (Å²) in [6.07, 6.45) is 2.16. The summed E-state index contributed by atoms with van der Waals surface area (Å²) in [6.45, 7) is 3.51. The zero-order valence-corrected chi connectivity index (χ0v) is 15.7. The van der Waals surface area contributed by atoms with Gasteiger partial charge in [-0.25, -0.2) is 4.39 Å². The second-order valence-corrected chi connectivity index (χ2v) is 7.21. The van der Waals surface area contributed by atoms with Crippen molar-refractivity contribution in [3.63, 3.8) is 0 Å². The molecule has 0 unspecified atom stereocenters. The van der Waals surface area contributed by atoms with Gasteiger partial charge in [0.2, 0.25) is 0 Å². The van der Waals surface area contributed by atoms with Crippen molar-refractivity contribution < 1.29 is 9.18 Å². The Balaban J connectivity index is 1.59. The lowest BCUT2D eigenvalue weighted by Crippen LogP contribution is -2.19. The average Bonchev–Trinajstić information content (AvgIpc) is 3.16. The van der Waals surface area contributed by atoms with Gasteiger partial charge in [0, 0.05) is 29.2 Å². The van der Waals surface area contributed by atoms with Crippen molar-refractivity contribution in [2.45, 2.75) is 19.8 Å². The number of pyridine rings is 1. The molecule has 1 amide bonds. The Morgan fingerprint density at radius 1 is 1.15 bits per heavy atom. The highest BCUT2D eigenvalue weighted by Gasteiger charge is 2.17. The van der Waals surface area contributed by atoms with Crippen LogP contribution < -0.4 is 10.2 Å². The molecule has 1 aliphatic rings. The van der Waals surface area contributed by atoms with Crippen LogP contribution in [0.25, 0.3) is 10.9 Å². The number of amides is 1. The second-order valence-electron chi connectivity index (χ2n) is 6.77. The fraction of sp³-hybridized carbons (Fsp3) is 0.238. The zero-order valence-electron chi connectivity index (χ0n) is 14.9. The van der Waals surface area contributed by atoms with E-state index in [1.54, 1.807) is 37.3 Å². The van der Waals surface area contributed by atoms with Crippen LogP contribution in [0.5, 0.6) is 0 Å². The fourth-order valence-electron chi connectivity index (χ4n) is 3.47. The number of nitrogens with zero attached hydrogens (tertiary/aromatic N) is 2. The predicted molar refractivity (Wildman–Crippen MR) is 107 cm³/mol. The highest BCUT2D eigenvalue weighted by molar-refractivity contribution is 6.31. The van der Waals surface area contributed by atoms with Crippen molar-refractivity contribution in [2.24, 2.45) is 0 Å². The number of anilines is 2. The smallest absolute Gasteiger partial charge is 0.257 e. The highest BCUT2D eigenvalue weighted by Crippen LogP contribution is 2.27. The van der Waals surface area contributed by atoms with Crippen LogP contribution >= 0.6 is 11.6 Å². The Morgan fingerprint density at radius 2 is 1.93 bits per heavy atom. The highest BCUT2D eigenvalue weighted by atomic mass is 35.5. The number of carbonyl (C=O) groups is 1. The van der Waals surface area contributed by atoms with Crippen LogP contribution in [-0.2, 0) is 0 Å². The van der Waals surface area contributed by atoms with Crippen LogP contribution in [0.3, 0.4) is 0 Å². The Kier molecular flexibility index (Phi) is 4.70. The topological polar surface area (TPSA) is 45.2 Å². The number of hydrogen-bond acceptors (Lipinski definition) is 3. The van der Waals surface area contributed by atoms with E-state index >= 15 is 0 Å². The summed E-state index contributed by atoms with van der Waals surface area (Å²) >= 11 is 6.03. The van der Waals surface area contributed by atoms with Crippen LogP contribution in [0.4, 0.5) is 15.8 Å². The maximum Gasteiger partial charge on any atom is 0.257 e. The standard InChI is InChI=1S/C21H19ClFN3O/c1-13-17(11-14-10-15(22)4-6-19(14)24-13)21(27)25-16-5-7-20(18(23)12-16)26-8-2-3-9-26/h4-7,10-12H,2-3,8-9H2,1H3,(H,25,27). The molecule has 0 spiro atoms. The predicted octanol–water partition coefficient (Wildman–Crippen LogP) is 5.19. The van der Waals surface area contributed by atoms with Gasteiger partial charge in [0.25, 0.3) is 5.91 Å². The minimum absolute atomic E-state index is 0.324. The molecule has 1 aromatic heterocycles. The number of aryl methyl sites for hydroxylation is 1. The maximum absolute atomic E-state index is 14.5. The first kappa shape index (κ1) is 17.7. The van der Waals surface area contributed by atoms with Gasteiger partial charge >= 0.3 is 0 Å². The monoisotopic (exact) mass is 383 g/mol. The molecule has 0 bridgehead atoms. The van der Waals surface area contributed by atoms with Gasteiger partial charge in [-0.1, -0.05) is 11.6 Å². The van der Waals surface area contributed by atoms with Crippen molar-refractivity contribution in [1.29, 1.82) is 0 Å². The van der Waals surface area contributed by atoms with E-state index in [1.807, 2.05) is 11.0 Å². The summed E-state index contributed by atoms with van der Waals surface area (Å²) < 4.78 is 14.5. The molecule has 3 aromatic rings. The molecular formula is C21H19ClFN3O. The minimum Gasteiger partial charge on any atom is -0.369 e. The number of hydrogen-bond donors (Lipinski definition) is 1. The largest absolute Gasteiger partial charge is 0.369 e. The van der Waals surface area contributed by atoms with Crippen LogP contribution in [0.1, 0.15) is 28.9 Å². The van der Waals surface area contributed by atoms with E-state index in [0.29, 0.717) is 27.7 Å². The van der Waals surface area contributed by atoms with Crippen LogP contribution in [0, 0.1) is 12.7 Å². The zero-order chi connectivity index (χ0) is 19.0. The number of halogens is 2. The van der Waals surface area contributed by atoms with Gasteiger partial charge in [-0.05, 0) is 62.2 Å². The lowest BCUT2D eigenvalue weighted by atomic mass is 10.1. The fourth-order valence-corrected chi connectivity index (χ4v) is 3.65. The van der Waals surface area contributed by atoms with Gasteiger partial charge in [-0.15, -0.1) is 0 Å². The number of fused-ring (bicyclic) bond motifs is 1. The molecule has 4 nitrogen and oxygen atoms in total. The Bertz CT molecular complexity index is 1030. The van der Waals surface area contributed by atoms with E-state index in [4.69, 9.17) is 11.6 Å². The molecule has 27 heavy (non-hydrogen) atoms. The number of nitrogens with one attached hydrogen (secondary N) is 1. The van der Waals surface area contributed by atoms with Gasteiger partial charge in [-0.3, -0.25) is 9.78 Å². The average molecular weight is 384 g/mol. The van der Waals surface area contributed by atoms with E-state index in [2.05, 4.69) is 10.3 Å². The number of carbonyl (C=O) groups excluding carboxylic acids is 1. The lowest BCUT2D eigenvalue weighted by molar-refractivity contribution is 0.102. The molecule has 4 rings (SSSR count). The van der Waals surface area contributed by atoms with Gasteiger partial charge in [0.1, 0.15) is 5.82 Å². The third-order valence-corrected chi connectivity index (χ3v) is 5.10. The number of rotatable bonds is 3. The summed E-state index contributed by atoms with van der Waals surface area (Å²) in [6, 6.07) is 11.9. The molecule has 2 aromatic carbocycles. The lowest BCUT2D eigenvalue weighted by Gasteiger charge is -2.19. The van der Waals surface area contributed by atoms with E-state index in [9.17, 15) is 9.18 Å². The SMILES string of the molecule is Cc1nc2ccc(Cl)cc2cc1C(=O)Nc1ccc(N2CCCC2)c(F)c1. The Morgan fingerprint density at radius 3 is 2.67 bits per heavy atom. The second kappa shape index (κ2) is 7.16. The molecule has 0 saturated carbocycles. The number of benzene rings is 2. The van der Waals surface area contributed by atoms with Crippen LogP contribution in [0.2, 0.25) is 5.02 Å². The maximum atomic E-state index is 14.5. The van der Waals surface area contributed by atoms with E-state index in [-0.39, 0.29) is 11.7 Å². The summed E-state index contributed by atoms with van der Waals surface area (Å²) in [5.74, 6) is -0.648. The molecule has 1 N–H and O–H groups in total. The first-order valence-corrected chi connectivity index (χ1v) is 9.32. The Hall–Kier alpha value is -2.66. The minimum atomic E-state index is -0.324. The van der Waals surface area contributed by atoms with Gasteiger partial charge in [0.05, 0.1) is 22.5 Å². The van der Waals surface area contributed by atoms with Crippen molar-refractivity contribution in [1.82, 2.24) is 4.98 Å². The van der Waals surface area contributed by atoms with Crippen molar-refractivity contribution >= 4 is 39.8 Å². The molecule has 1 aliphatic heterocycles. The Labute approximate surface area is 162 Å². The third-order valence-electron chi connectivity index (χ3n) is 4.86. The normalized spacial score (nSPS) is 14.0. The first-order valence-electron chi connectivity index (χ1n) is 8.94. The molecule has 138 valence electrons.